The number of hydrogen-bond acceptors (Lipinski definition) is 0. The first kappa shape index (κ1) is 30.3. The molecule has 41 heavy (non-hydrogen) atoms. The molecule has 0 N–H and O–H groups in total. The molecule has 212 valence electrons. The Balaban J connectivity index is 1.47. The van der Waals surface area contributed by atoms with Crippen LogP contribution < -0.4 is 0 Å². The van der Waals surface area contributed by atoms with E-state index < -0.39 is 0 Å². The van der Waals surface area contributed by atoms with Crippen molar-refractivity contribution in [3.63, 3.8) is 0 Å². The topological polar surface area (TPSA) is 0 Å². The van der Waals surface area contributed by atoms with Gasteiger partial charge in [-0.2, -0.15) is 0 Å². The molecular formula is C40H45F. The minimum atomic E-state index is -0.219. The van der Waals surface area contributed by atoms with Crippen molar-refractivity contribution in [2.24, 2.45) is 11.8 Å². The summed E-state index contributed by atoms with van der Waals surface area (Å²) in [6.07, 6.45) is 15.7. The van der Waals surface area contributed by atoms with Gasteiger partial charge in [0.15, 0.2) is 0 Å². The highest BCUT2D eigenvalue weighted by Crippen LogP contribution is 2.33. The Morgan fingerprint density at radius 1 is 0.902 bits per heavy atom. The van der Waals surface area contributed by atoms with Gasteiger partial charge in [-0.15, -0.1) is 5.92 Å². The number of fused-ring (bicyclic) bond motifs is 1. The average Bonchev–Trinajstić information content (AvgIpc) is 2.99. The largest absolute Gasteiger partial charge is 0.207 e. The van der Waals surface area contributed by atoms with E-state index in [1.54, 1.807) is 0 Å². The Morgan fingerprint density at radius 3 is 2.32 bits per heavy atom. The summed E-state index contributed by atoms with van der Waals surface area (Å²) in [6.45, 7) is 10.9. The van der Waals surface area contributed by atoms with E-state index in [0.29, 0.717) is 11.8 Å². The lowest BCUT2D eigenvalue weighted by atomic mass is 9.80. The van der Waals surface area contributed by atoms with Crippen LogP contribution in [0.4, 0.5) is 4.39 Å². The second-order valence-electron chi connectivity index (χ2n) is 11.6. The first-order valence-electron chi connectivity index (χ1n) is 15.4. The summed E-state index contributed by atoms with van der Waals surface area (Å²) < 4.78 is 13.7. The minimum Gasteiger partial charge on any atom is -0.207 e. The fraction of sp³-hybridized carbons (Fsp3) is 0.350. The number of aryl methyl sites for hydroxylation is 1. The maximum absolute atomic E-state index is 13.7. The molecule has 0 bridgehead atoms. The number of unbranched alkanes of at least 4 members (excludes halogenated alkanes) is 1. The third-order valence-electron chi connectivity index (χ3n) is 8.71. The Kier molecular flexibility index (Phi) is 11.4. The van der Waals surface area contributed by atoms with Crippen molar-refractivity contribution >= 4 is 12.2 Å². The zero-order chi connectivity index (χ0) is 29.0. The van der Waals surface area contributed by atoms with E-state index in [4.69, 9.17) is 0 Å². The quantitative estimate of drug-likeness (QED) is 0.211. The van der Waals surface area contributed by atoms with Crippen LogP contribution in [0.1, 0.15) is 99.5 Å². The Morgan fingerprint density at radius 2 is 1.61 bits per heavy atom. The minimum absolute atomic E-state index is 0.0725. The van der Waals surface area contributed by atoms with E-state index in [-0.39, 0.29) is 11.7 Å². The molecule has 0 nitrogen and oxygen atoms in total. The van der Waals surface area contributed by atoms with Gasteiger partial charge < -0.3 is 0 Å². The van der Waals surface area contributed by atoms with Crippen LogP contribution in [0.15, 0.2) is 96.6 Å². The third-order valence-corrected chi connectivity index (χ3v) is 8.71. The number of halogens is 1. The van der Waals surface area contributed by atoms with Gasteiger partial charge in [0.2, 0.25) is 0 Å². The number of benzene rings is 3. The van der Waals surface area contributed by atoms with Crippen molar-refractivity contribution in [1.29, 1.82) is 0 Å². The second kappa shape index (κ2) is 15.4. The summed E-state index contributed by atoms with van der Waals surface area (Å²) in [5.41, 5.74) is 9.09. The van der Waals surface area contributed by atoms with Gasteiger partial charge in [0.05, 0.1) is 5.92 Å². The highest BCUT2D eigenvalue weighted by Gasteiger charge is 2.19. The SMILES string of the molecule is C=Cc1ccc(C(C#CCCC(CCCC)C(C)CC2=C(/C)CCc3ccccc3/C=C\2)c2ccc(F)cc2)cc1. The monoisotopic (exact) mass is 544 g/mol. The third kappa shape index (κ3) is 8.68. The molecule has 3 aromatic rings. The standard InChI is InChI=1S/C40H45F/c1-5-7-12-33(31(4)29-38-24-23-35-15-9-8-14-34(35)20-17-30(38)3)13-10-11-16-40(37-25-27-39(41)28-26-37)36-21-18-32(6-2)19-22-36/h6,8-9,14-15,18-19,21-28,31,33,40H,2,5,7,10,12-13,17,20,29H2,1,3-4H3/b24-23-,38-30-. The van der Waals surface area contributed by atoms with E-state index in [1.165, 1.54) is 53.7 Å². The van der Waals surface area contributed by atoms with Gasteiger partial charge in [-0.25, -0.2) is 4.39 Å². The lowest BCUT2D eigenvalue weighted by Gasteiger charge is -2.25. The van der Waals surface area contributed by atoms with Crippen molar-refractivity contribution in [1.82, 2.24) is 0 Å². The summed E-state index contributed by atoms with van der Waals surface area (Å²) in [5.74, 6) is 8.05. The summed E-state index contributed by atoms with van der Waals surface area (Å²) in [5, 5.41) is 0. The van der Waals surface area contributed by atoms with Crippen LogP contribution in [0.3, 0.4) is 0 Å². The van der Waals surface area contributed by atoms with Crippen LogP contribution in [0.2, 0.25) is 0 Å². The lowest BCUT2D eigenvalue weighted by Crippen LogP contribution is -2.13. The molecule has 3 aromatic carbocycles. The summed E-state index contributed by atoms with van der Waals surface area (Å²) >= 11 is 0. The molecule has 0 radical (unpaired) electrons. The average molecular weight is 545 g/mol. The van der Waals surface area contributed by atoms with Crippen molar-refractivity contribution in [2.45, 2.75) is 78.1 Å². The smallest absolute Gasteiger partial charge is 0.123 e. The molecule has 0 heterocycles. The van der Waals surface area contributed by atoms with Gasteiger partial charge in [0, 0.05) is 6.42 Å². The zero-order valence-corrected chi connectivity index (χ0v) is 25.1. The normalized spacial score (nSPS) is 17.7. The van der Waals surface area contributed by atoms with Crippen molar-refractivity contribution in [2.75, 3.05) is 0 Å². The Labute approximate surface area is 248 Å². The van der Waals surface area contributed by atoms with Crippen molar-refractivity contribution in [3.05, 3.63) is 130 Å². The number of allylic oxidation sites excluding steroid dienone is 3. The van der Waals surface area contributed by atoms with Gasteiger partial charge in [0.25, 0.3) is 0 Å². The van der Waals surface area contributed by atoms with Gasteiger partial charge in [-0.3, -0.25) is 0 Å². The molecular weight excluding hydrogens is 499 g/mol. The zero-order valence-electron chi connectivity index (χ0n) is 25.1. The maximum Gasteiger partial charge on any atom is 0.123 e. The Bertz CT molecular complexity index is 1390. The van der Waals surface area contributed by atoms with Gasteiger partial charge in [0.1, 0.15) is 5.82 Å². The van der Waals surface area contributed by atoms with Gasteiger partial charge >= 0.3 is 0 Å². The van der Waals surface area contributed by atoms with Gasteiger partial charge in [-0.1, -0.05) is 130 Å². The van der Waals surface area contributed by atoms with Crippen LogP contribution in [-0.2, 0) is 6.42 Å². The van der Waals surface area contributed by atoms with E-state index in [2.05, 4.69) is 99.9 Å². The molecule has 4 rings (SSSR count). The highest BCUT2D eigenvalue weighted by atomic mass is 19.1. The first-order chi connectivity index (χ1) is 20.0. The first-order valence-corrected chi connectivity index (χ1v) is 15.4. The molecule has 1 aliphatic rings. The predicted octanol–water partition coefficient (Wildman–Crippen LogP) is 11.2. The van der Waals surface area contributed by atoms with E-state index in [9.17, 15) is 4.39 Å². The predicted molar refractivity (Wildman–Crippen MR) is 175 cm³/mol. The molecule has 0 aromatic heterocycles. The van der Waals surface area contributed by atoms with E-state index in [0.717, 1.165) is 48.8 Å². The van der Waals surface area contributed by atoms with Crippen molar-refractivity contribution in [3.8, 4) is 11.8 Å². The van der Waals surface area contributed by atoms with Crippen LogP contribution >= 0.6 is 0 Å². The molecule has 0 spiro atoms. The van der Waals surface area contributed by atoms with Crippen LogP contribution in [0.5, 0.6) is 0 Å². The fourth-order valence-electron chi connectivity index (χ4n) is 5.95. The number of hydrogen-bond donors (Lipinski definition) is 0. The highest BCUT2D eigenvalue weighted by molar-refractivity contribution is 5.58. The molecule has 0 saturated carbocycles. The van der Waals surface area contributed by atoms with Crippen LogP contribution in [0, 0.1) is 29.5 Å². The Hall–Kier alpha value is -3.63. The van der Waals surface area contributed by atoms with E-state index in [1.807, 2.05) is 18.2 Å². The molecule has 0 aliphatic heterocycles. The molecule has 0 fully saturated rings. The molecule has 1 aliphatic carbocycles. The molecule has 0 saturated heterocycles. The summed E-state index contributed by atoms with van der Waals surface area (Å²) in [4.78, 5) is 0. The maximum atomic E-state index is 13.7. The van der Waals surface area contributed by atoms with Crippen LogP contribution in [0.25, 0.3) is 12.2 Å². The second-order valence-corrected chi connectivity index (χ2v) is 11.6. The summed E-state index contributed by atoms with van der Waals surface area (Å²) in [6, 6.07) is 23.9. The van der Waals surface area contributed by atoms with Crippen LogP contribution in [-0.4, -0.2) is 0 Å². The lowest BCUT2D eigenvalue weighted by molar-refractivity contribution is 0.309. The summed E-state index contributed by atoms with van der Waals surface area (Å²) in [7, 11) is 0. The van der Waals surface area contributed by atoms with E-state index >= 15 is 0 Å². The molecule has 3 unspecified atom stereocenters. The molecule has 1 heteroatoms. The fourth-order valence-corrected chi connectivity index (χ4v) is 5.95. The molecule has 3 atom stereocenters. The molecule has 0 amide bonds. The number of rotatable bonds is 11. The van der Waals surface area contributed by atoms with Crippen molar-refractivity contribution < 1.29 is 4.39 Å². The van der Waals surface area contributed by atoms with Gasteiger partial charge in [-0.05, 0) is 90.0 Å².